The number of alkyl halides is 8. The summed E-state index contributed by atoms with van der Waals surface area (Å²) >= 11 is 0. The molecule has 0 aliphatic carbocycles. The van der Waals surface area contributed by atoms with Gasteiger partial charge in [0.15, 0.2) is 6.17 Å². The first-order valence-corrected chi connectivity index (χ1v) is 3.36. The minimum absolute atomic E-state index is 0.105. The summed E-state index contributed by atoms with van der Waals surface area (Å²) in [6.07, 6.45) is -12.4. The van der Waals surface area contributed by atoms with E-state index in [0.29, 0.717) is 0 Å². The van der Waals surface area contributed by atoms with Crippen LogP contribution in [0.5, 0.6) is 0 Å². The minimum Gasteiger partial charge on any atom is -0.241 e. The van der Waals surface area contributed by atoms with Gasteiger partial charge in [0.05, 0.1) is 0 Å². The van der Waals surface area contributed by atoms with Gasteiger partial charge in [-0.15, -0.1) is 0 Å². The van der Waals surface area contributed by atoms with Crippen molar-refractivity contribution in [2.45, 2.75) is 37.5 Å². The van der Waals surface area contributed by atoms with Gasteiger partial charge in [-0.25, -0.2) is 17.6 Å². The van der Waals surface area contributed by atoms with Crippen LogP contribution >= 0.6 is 0 Å². The summed E-state index contributed by atoms with van der Waals surface area (Å²) < 4.78 is 95.5. The second kappa shape index (κ2) is 3.90. The minimum atomic E-state index is -5.57. The number of hydrogen-bond acceptors (Lipinski definition) is 0. The van der Waals surface area contributed by atoms with Crippen LogP contribution in [0.15, 0.2) is 0 Å². The molecule has 0 bridgehead atoms. The van der Waals surface area contributed by atoms with Crippen LogP contribution in [0.2, 0.25) is 0 Å². The molecule has 0 fully saturated rings. The van der Waals surface area contributed by atoms with Crippen LogP contribution in [0, 0.1) is 0 Å². The van der Waals surface area contributed by atoms with Crippen molar-refractivity contribution in [1.29, 1.82) is 0 Å². The Bertz CT molecular complexity index is 166. The summed E-state index contributed by atoms with van der Waals surface area (Å²) in [5, 5.41) is 0. The van der Waals surface area contributed by atoms with E-state index in [-0.39, 0.29) is 6.92 Å². The maximum Gasteiger partial charge on any atom is 0.343 e. The van der Waals surface area contributed by atoms with E-state index in [2.05, 4.69) is 0 Å². The Balaban J connectivity index is 4.85. The Kier molecular flexibility index (Phi) is 3.74. The van der Waals surface area contributed by atoms with Gasteiger partial charge in [-0.3, -0.25) is 0 Å². The van der Waals surface area contributed by atoms with Gasteiger partial charge in [0.2, 0.25) is 6.17 Å². The van der Waals surface area contributed by atoms with E-state index in [1.807, 2.05) is 0 Å². The summed E-state index contributed by atoms with van der Waals surface area (Å²) in [7, 11) is 0. The molecule has 0 amide bonds. The van der Waals surface area contributed by atoms with E-state index < -0.39 is 30.6 Å². The van der Waals surface area contributed by atoms with Gasteiger partial charge in [-0.2, -0.15) is 17.6 Å². The van der Waals surface area contributed by atoms with Crippen molar-refractivity contribution in [3.05, 3.63) is 0 Å². The molecule has 0 rings (SSSR count). The molecule has 0 aromatic rings. The molecule has 2 atom stereocenters. The van der Waals surface area contributed by atoms with Crippen molar-refractivity contribution in [2.24, 2.45) is 0 Å². The average Bonchev–Trinajstić information content (AvgIpc) is 2.02. The number of rotatable bonds is 4. The van der Waals surface area contributed by atoms with Crippen molar-refractivity contribution in [2.75, 3.05) is 0 Å². The van der Waals surface area contributed by atoms with Gasteiger partial charge in [-0.1, -0.05) is 0 Å². The normalized spacial score (nSPS) is 18.4. The third-order valence-electron chi connectivity index (χ3n) is 1.50. The Morgan fingerprint density at radius 2 is 1.14 bits per heavy atom. The second-order valence-electron chi connectivity index (χ2n) is 2.63. The maximum absolute atomic E-state index is 12.2. The van der Waals surface area contributed by atoms with Crippen LogP contribution in [0.1, 0.15) is 6.92 Å². The molecule has 0 saturated carbocycles. The standard InChI is InChI=1S/C6H6F8/c1-2(7)5(11,12)3(8)6(13,14)4(9)10/h2-4H,1H3. The highest BCUT2D eigenvalue weighted by molar-refractivity contribution is 4.93. The van der Waals surface area contributed by atoms with E-state index in [1.165, 1.54) is 0 Å². The van der Waals surface area contributed by atoms with Crippen molar-refractivity contribution in [3.63, 3.8) is 0 Å². The summed E-state index contributed by atoms with van der Waals surface area (Å²) in [6, 6.07) is 0. The first-order valence-electron chi connectivity index (χ1n) is 3.36. The maximum atomic E-state index is 12.2. The highest BCUT2D eigenvalue weighted by atomic mass is 19.3. The Morgan fingerprint density at radius 1 is 0.786 bits per heavy atom. The molecule has 0 N–H and O–H groups in total. The zero-order chi connectivity index (χ0) is 11.7. The predicted octanol–water partition coefficient (Wildman–Crippen LogP) is 3.22. The van der Waals surface area contributed by atoms with E-state index in [4.69, 9.17) is 0 Å². The van der Waals surface area contributed by atoms with E-state index in [0.717, 1.165) is 0 Å². The first kappa shape index (κ1) is 13.4. The fourth-order valence-electron chi connectivity index (χ4n) is 0.569. The molecule has 0 radical (unpaired) electrons. The predicted molar refractivity (Wildman–Crippen MR) is 31.4 cm³/mol. The molecule has 0 nitrogen and oxygen atoms in total. The van der Waals surface area contributed by atoms with Crippen molar-refractivity contribution in [1.82, 2.24) is 0 Å². The van der Waals surface area contributed by atoms with E-state index in [9.17, 15) is 35.1 Å². The van der Waals surface area contributed by atoms with Gasteiger partial charge in [0.25, 0.3) is 0 Å². The van der Waals surface area contributed by atoms with Crippen molar-refractivity contribution >= 4 is 0 Å². The highest BCUT2D eigenvalue weighted by Gasteiger charge is 2.63. The van der Waals surface area contributed by atoms with Gasteiger partial charge in [0.1, 0.15) is 0 Å². The molecule has 8 heteroatoms. The highest BCUT2D eigenvalue weighted by Crippen LogP contribution is 2.40. The third kappa shape index (κ3) is 2.27. The summed E-state index contributed by atoms with van der Waals surface area (Å²) in [5.74, 6) is -10.7. The van der Waals surface area contributed by atoms with E-state index in [1.54, 1.807) is 0 Å². The smallest absolute Gasteiger partial charge is 0.241 e. The van der Waals surface area contributed by atoms with Crippen molar-refractivity contribution < 1.29 is 35.1 Å². The topological polar surface area (TPSA) is 0 Å². The first-order chi connectivity index (χ1) is 6.04. The molecule has 0 aliphatic rings. The monoisotopic (exact) mass is 230 g/mol. The van der Waals surface area contributed by atoms with E-state index >= 15 is 0 Å². The van der Waals surface area contributed by atoms with Gasteiger partial charge >= 0.3 is 18.3 Å². The fourth-order valence-corrected chi connectivity index (χ4v) is 0.569. The molecule has 2 unspecified atom stereocenters. The summed E-state index contributed by atoms with van der Waals surface area (Å²) in [6.45, 7) is 0.105. The van der Waals surface area contributed by atoms with Gasteiger partial charge < -0.3 is 0 Å². The lowest BCUT2D eigenvalue weighted by atomic mass is 10.0. The van der Waals surface area contributed by atoms with Crippen LogP contribution in [0.3, 0.4) is 0 Å². The molecule has 86 valence electrons. The Morgan fingerprint density at radius 3 is 1.36 bits per heavy atom. The molecular formula is C6H6F8. The lowest BCUT2D eigenvalue weighted by Crippen LogP contribution is -2.52. The van der Waals surface area contributed by atoms with Gasteiger partial charge in [0, 0.05) is 0 Å². The van der Waals surface area contributed by atoms with Crippen LogP contribution < -0.4 is 0 Å². The average molecular weight is 230 g/mol. The third-order valence-corrected chi connectivity index (χ3v) is 1.50. The molecule has 0 saturated heterocycles. The van der Waals surface area contributed by atoms with Crippen LogP contribution in [0.4, 0.5) is 35.1 Å². The van der Waals surface area contributed by atoms with Gasteiger partial charge in [-0.05, 0) is 6.92 Å². The molecule has 0 aromatic carbocycles. The second-order valence-corrected chi connectivity index (χ2v) is 2.63. The quantitative estimate of drug-likeness (QED) is 0.650. The largest absolute Gasteiger partial charge is 0.343 e. The Hall–Kier alpha value is -0.560. The molecule has 0 heterocycles. The van der Waals surface area contributed by atoms with Crippen molar-refractivity contribution in [3.8, 4) is 0 Å². The summed E-state index contributed by atoms with van der Waals surface area (Å²) in [4.78, 5) is 0. The molecule has 0 spiro atoms. The lowest BCUT2D eigenvalue weighted by Gasteiger charge is -2.27. The molecule has 0 aliphatic heterocycles. The molecule has 0 aromatic heterocycles. The number of hydrogen-bond donors (Lipinski definition) is 0. The van der Waals surface area contributed by atoms with Crippen LogP contribution in [-0.2, 0) is 0 Å². The fraction of sp³-hybridized carbons (Fsp3) is 1.00. The molecule has 14 heavy (non-hydrogen) atoms. The summed E-state index contributed by atoms with van der Waals surface area (Å²) in [5.41, 5.74) is 0. The zero-order valence-electron chi connectivity index (χ0n) is 6.76. The van der Waals surface area contributed by atoms with Crippen LogP contribution in [-0.4, -0.2) is 30.6 Å². The van der Waals surface area contributed by atoms with Crippen LogP contribution in [0.25, 0.3) is 0 Å². The SMILES string of the molecule is CC(F)C(F)(F)C(F)C(F)(F)C(F)F. The Labute approximate surface area is 73.9 Å². The lowest BCUT2D eigenvalue weighted by molar-refractivity contribution is -0.244. The zero-order valence-corrected chi connectivity index (χ0v) is 6.76. The number of halogens is 8. The molecular weight excluding hydrogens is 224 g/mol.